The third-order valence-corrected chi connectivity index (χ3v) is 4.35. The van der Waals surface area contributed by atoms with Gasteiger partial charge in [0.15, 0.2) is 0 Å². The molecule has 0 saturated heterocycles. The van der Waals surface area contributed by atoms with Gasteiger partial charge >= 0.3 is 0 Å². The lowest BCUT2D eigenvalue weighted by Crippen LogP contribution is -2.31. The average Bonchev–Trinajstić information content (AvgIpc) is 2.94. The molecule has 0 aromatic carbocycles. The Bertz CT molecular complexity index is 539. The summed E-state index contributed by atoms with van der Waals surface area (Å²) in [6.07, 6.45) is 1.08. The zero-order chi connectivity index (χ0) is 14.5. The van der Waals surface area contributed by atoms with Gasteiger partial charge in [-0.25, -0.2) is 0 Å². The smallest absolute Gasteiger partial charge is 0.138 e. The van der Waals surface area contributed by atoms with E-state index in [-0.39, 0.29) is 5.75 Å². The molecule has 0 saturated carbocycles. The normalized spacial score (nSPS) is 12.8. The predicted molar refractivity (Wildman–Crippen MR) is 84.0 cm³/mol. The maximum absolute atomic E-state index is 9.98. The van der Waals surface area contributed by atoms with Crippen molar-refractivity contribution in [3.05, 3.63) is 45.9 Å². The van der Waals surface area contributed by atoms with Crippen molar-refractivity contribution in [1.29, 1.82) is 0 Å². The summed E-state index contributed by atoms with van der Waals surface area (Å²) in [5, 5.41) is 14.3. The lowest BCUT2D eigenvalue weighted by molar-refractivity contribution is 0.182. The largest absolute Gasteiger partial charge is 0.506 e. The molecule has 3 nitrogen and oxygen atoms in total. The molecule has 0 fully saturated rings. The Kier molecular flexibility index (Phi) is 5.15. The van der Waals surface area contributed by atoms with Crippen LogP contribution in [0, 0.1) is 6.92 Å². The van der Waals surface area contributed by atoms with Crippen LogP contribution in [-0.2, 0) is 13.1 Å². The topological polar surface area (TPSA) is 36.4 Å². The second-order valence-corrected chi connectivity index (χ2v) is 5.99. The quantitative estimate of drug-likeness (QED) is 0.875. The van der Waals surface area contributed by atoms with Crippen LogP contribution in [0.15, 0.2) is 29.0 Å². The van der Waals surface area contributed by atoms with Gasteiger partial charge in [-0.15, -0.1) is 0 Å². The van der Waals surface area contributed by atoms with E-state index in [1.54, 1.807) is 17.4 Å². The molecule has 0 aliphatic carbocycles. The van der Waals surface area contributed by atoms with E-state index in [9.17, 15) is 5.11 Å². The van der Waals surface area contributed by atoms with Crippen LogP contribution in [0.2, 0.25) is 0 Å². The van der Waals surface area contributed by atoms with Gasteiger partial charge in [0.1, 0.15) is 5.75 Å². The molecule has 0 bridgehead atoms. The number of hydrogen-bond acceptors (Lipinski definition) is 4. The first kappa shape index (κ1) is 15.0. The molecule has 1 atom stereocenters. The van der Waals surface area contributed by atoms with E-state index in [1.165, 1.54) is 5.56 Å². The van der Waals surface area contributed by atoms with Crippen LogP contribution in [0.4, 0.5) is 0 Å². The van der Waals surface area contributed by atoms with Crippen LogP contribution in [-0.4, -0.2) is 21.0 Å². The van der Waals surface area contributed by atoms with Gasteiger partial charge in [-0.3, -0.25) is 9.88 Å². The molecule has 1 N–H and O–H groups in total. The molecule has 2 aromatic heterocycles. The Labute approximate surface area is 124 Å². The number of hydrogen-bond donors (Lipinski definition) is 1. The van der Waals surface area contributed by atoms with E-state index < -0.39 is 0 Å². The molecule has 2 heterocycles. The Hall–Kier alpha value is -1.39. The number of aromatic nitrogens is 1. The Morgan fingerprint density at radius 2 is 2.10 bits per heavy atom. The lowest BCUT2D eigenvalue weighted by Gasteiger charge is -2.28. The average molecular weight is 290 g/mol. The van der Waals surface area contributed by atoms with Gasteiger partial charge in [0, 0.05) is 24.8 Å². The molecule has 0 aliphatic rings. The zero-order valence-corrected chi connectivity index (χ0v) is 13.2. The van der Waals surface area contributed by atoms with Crippen molar-refractivity contribution in [2.24, 2.45) is 0 Å². The van der Waals surface area contributed by atoms with Crippen LogP contribution in [0.25, 0.3) is 0 Å². The molecule has 20 heavy (non-hydrogen) atoms. The minimum atomic E-state index is 0.286. The first-order valence-electron chi connectivity index (χ1n) is 7.00. The van der Waals surface area contributed by atoms with Crippen LogP contribution < -0.4 is 0 Å². The third-order valence-electron chi connectivity index (χ3n) is 3.62. The number of nitrogens with zero attached hydrogens (tertiary/aromatic N) is 2. The predicted octanol–water partition coefficient (Wildman–Crippen LogP) is 3.96. The van der Waals surface area contributed by atoms with Gasteiger partial charge in [0.05, 0.1) is 5.69 Å². The van der Waals surface area contributed by atoms with Gasteiger partial charge in [-0.05, 0) is 54.8 Å². The standard InChI is InChI=1S/C16H22N2OS/c1-4-13(3)18(9-14-7-8-20-11-14)10-15-16(19)6-5-12(2)17-15/h5-8,11,13,19H,4,9-10H2,1-3H3. The van der Waals surface area contributed by atoms with E-state index >= 15 is 0 Å². The molecule has 0 aliphatic heterocycles. The monoisotopic (exact) mass is 290 g/mol. The van der Waals surface area contributed by atoms with Crippen molar-refractivity contribution in [3.8, 4) is 5.75 Å². The Balaban J connectivity index is 2.16. The number of thiophene rings is 1. The highest BCUT2D eigenvalue weighted by Gasteiger charge is 2.16. The second-order valence-electron chi connectivity index (χ2n) is 5.21. The number of pyridine rings is 1. The number of aromatic hydroxyl groups is 1. The third kappa shape index (κ3) is 3.81. The van der Waals surface area contributed by atoms with Crippen LogP contribution in [0.5, 0.6) is 5.75 Å². The molecule has 4 heteroatoms. The maximum Gasteiger partial charge on any atom is 0.138 e. The van der Waals surface area contributed by atoms with Crippen molar-refractivity contribution >= 4 is 11.3 Å². The van der Waals surface area contributed by atoms with Crippen molar-refractivity contribution in [1.82, 2.24) is 9.88 Å². The van der Waals surface area contributed by atoms with E-state index in [1.807, 2.05) is 13.0 Å². The fourth-order valence-electron chi connectivity index (χ4n) is 2.15. The summed E-state index contributed by atoms with van der Waals surface area (Å²) in [6, 6.07) is 6.18. The van der Waals surface area contributed by atoms with Gasteiger partial charge in [0.25, 0.3) is 0 Å². The maximum atomic E-state index is 9.98. The van der Waals surface area contributed by atoms with Crippen LogP contribution in [0.3, 0.4) is 0 Å². The summed E-state index contributed by atoms with van der Waals surface area (Å²) >= 11 is 1.72. The molecule has 0 amide bonds. The molecule has 2 rings (SSSR count). The second kappa shape index (κ2) is 6.86. The fraction of sp³-hybridized carbons (Fsp3) is 0.438. The molecule has 1 unspecified atom stereocenters. The summed E-state index contributed by atoms with van der Waals surface area (Å²) in [5.74, 6) is 0.286. The molecule has 108 valence electrons. The summed E-state index contributed by atoms with van der Waals surface area (Å²) in [6.45, 7) is 7.94. The van der Waals surface area contributed by atoms with E-state index in [4.69, 9.17) is 0 Å². The zero-order valence-electron chi connectivity index (χ0n) is 12.3. The van der Waals surface area contributed by atoms with Gasteiger partial charge in [-0.2, -0.15) is 11.3 Å². The highest BCUT2D eigenvalue weighted by Crippen LogP contribution is 2.21. The Morgan fingerprint density at radius 1 is 1.30 bits per heavy atom. The van der Waals surface area contributed by atoms with Crippen LogP contribution in [0.1, 0.15) is 37.2 Å². The van der Waals surface area contributed by atoms with E-state index in [2.05, 4.69) is 40.6 Å². The van der Waals surface area contributed by atoms with Gasteiger partial charge < -0.3 is 5.11 Å². The van der Waals surface area contributed by atoms with Crippen molar-refractivity contribution in [2.45, 2.75) is 46.3 Å². The number of rotatable bonds is 6. The molecular weight excluding hydrogens is 268 g/mol. The van der Waals surface area contributed by atoms with Crippen molar-refractivity contribution in [3.63, 3.8) is 0 Å². The number of aryl methyl sites for hydroxylation is 1. The van der Waals surface area contributed by atoms with Crippen LogP contribution >= 0.6 is 11.3 Å². The van der Waals surface area contributed by atoms with Crippen molar-refractivity contribution < 1.29 is 5.11 Å². The summed E-state index contributed by atoms with van der Waals surface area (Å²) in [4.78, 5) is 6.83. The van der Waals surface area contributed by atoms with Gasteiger partial charge in [0.2, 0.25) is 0 Å². The summed E-state index contributed by atoms with van der Waals surface area (Å²) < 4.78 is 0. The summed E-state index contributed by atoms with van der Waals surface area (Å²) in [7, 11) is 0. The minimum Gasteiger partial charge on any atom is -0.506 e. The fourth-order valence-corrected chi connectivity index (χ4v) is 2.81. The SMILES string of the molecule is CCC(C)N(Cc1ccsc1)Cc1nc(C)ccc1O. The molecular formula is C16H22N2OS. The summed E-state index contributed by atoms with van der Waals surface area (Å²) in [5.41, 5.74) is 3.03. The highest BCUT2D eigenvalue weighted by molar-refractivity contribution is 7.07. The van der Waals surface area contributed by atoms with E-state index in [0.717, 1.165) is 24.4 Å². The van der Waals surface area contributed by atoms with Gasteiger partial charge in [-0.1, -0.05) is 6.92 Å². The first-order chi connectivity index (χ1) is 9.60. The Morgan fingerprint density at radius 3 is 2.75 bits per heavy atom. The molecule has 0 radical (unpaired) electrons. The van der Waals surface area contributed by atoms with Crippen molar-refractivity contribution in [2.75, 3.05) is 0 Å². The van der Waals surface area contributed by atoms with E-state index in [0.29, 0.717) is 12.6 Å². The lowest BCUT2D eigenvalue weighted by atomic mass is 10.1. The molecule has 0 spiro atoms. The highest BCUT2D eigenvalue weighted by atomic mass is 32.1. The first-order valence-corrected chi connectivity index (χ1v) is 7.95. The minimum absolute atomic E-state index is 0.286. The molecule has 2 aromatic rings.